The summed E-state index contributed by atoms with van der Waals surface area (Å²) in [4.78, 5) is 12.3. The van der Waals surface area contributed by atoms with Crippen LogP contribution < -0.4 is 15.4 Å². The fourth-order valence-electron chi connectivity index (χ4n) is 3.52. The molecule has 1 atom stereocenters. The molecule has 128 valence electrons. The summed E-state index contributed by atoms with van der Waals surface area (Å²) in [5, 5.41) is 6.43. The van der Waals surface area contributed by atoms with Gasteiger partial charge in [-0.25, -0.2) is 0 Å². The first-order chi connectivity index (χ1) is 10.7. The van der Waals surface area contributed by atoms with Gasteiger partial charge in [-0.1, -0.05) is 6.92 Å². The lowest BCUT2D eigenvalue weighted by molar-refractivity contribution is -0.117. The smallest absolute Gasteiger partial charge is 0.224 e. The molecule has 0 aromatic heterocycles. The Morgan fingerprint density at radius 1 is 1.39 bits per heavy atom. The Hall–Kier alpha value is -1.26. The van der Waals surface area contributed by atoms with E-state index < -0.39 is 0 Å². The molecule has 23 heavy (non-hydrogen) atoms. The monoisotopic (exact) mass is 338 g/mol. The topological polar surface area (TPSA) is 50.4 Å². The number of carbonyl (C=O) groups excluding carboxylic acids is 1. The summed E-state index contributed by atoms with van der Waals surface area (Å²) in [6.45, 7) is 5.17. The number of carbonyl (C=O) groups is 1. The van der Waals surface area contributed by atoms with E-state index >= 15 is 0 Å². The van der Waals surface area contributed by atoms with Crippen molar-refractivity contribution in [3.8, 4) is 5.75 Å². The zero-order valence-electron chi connectivity index (χ0n) is 13.8. The number of hydrogen-bond acceptors (Lipinski definition) is 3. The predicted molar refractivity (Wildman–Crippen MR) is 95.5 cm³/mol. The van der Waals surface area contributed by atoms with Gasteiger partial charge in [-0.15, -0.1) is 12.4 Å². The number of piperidine rings is 1. The van der Waals surface area contributed by atoms with E-state index in [4.69, 9.17) is 4.74 Å². The van der Waals surface area contributed by atoms with Gasteiger partial charge in [0.2, 0.25) is 5.91 Å². The number of rotatable bonds is 4. The summed E-state index contributed by atoms with van der Waals surface area (Å²) in [6, 6.07) is 5.97. The maximum Gasteiger partial charge on any atom is 0.224 e. The van der Waals surface area contributed by atoms with Gasteiger partial charge < -0.3 is 15.4 Å². The summed E-state index contributed by atoms with van der Waals surface area (Å²) >= 11 is 0. The Bertz CT molecular complexity index is 530. The van der Waals surface area contributed by atoms with E-state index in [2.05, 4.69) is 23.6 Å². The highest BCUT2D eigenvalue weighted by Crippen LogP contribution is 2.28. The minimum atomic E-state index is 0. The second-order valence-corrected chi connectivity index (χ2v) is 6.59. The first-order valence-corrected chi connectivity index (χ1v) is 8.48. The van der Waals surface area contributed by atoms with Crippen LogP contribution in [-0.4, -0.2) is 25.6 Å². The molecule has 2 N–H and O–H groups in total. The Labute approximate surface area is 144 Å². The van der Waals surface area contributed by atoms with Gasteiger partial charge in [0.15, 0.2) is 0 Å². The molecule has 0 radical (unpaired) electrons. The molecule has 3 rings (SSSR count). The van der Waals surface area contributed by atoms with Crippen molar-refractivity contribution in [3.63, 3.8) is 0 Å². The predicted octanol–water partition coefficient (Wildman–Crippen LogP) is 3.40. The minimum absolute atomic E-state index is 0. The summed E-state index contributed by atoms with van der Waals surface area (Å²) in [5.74, 6) is 2.21. The zero-order chi connectivity index (χ0) is 15.4. The van der Waals surface area contributed by atoms with Crippen LogP contribution in [0.5, 0.6) is 5.75 Å². The van der Waals surface area contributed by atoms with Crippen LogP contribution in [0.1, 0.15) is 38.2 Å². The third-order valence-corrected chi connectivity index (χ3v) is 4.89. The molecule has 4 nitrogen and oxygen atoms in total. The quantitative estimate of drug-likeness (QED) is 0.884. The van der Waals surface area contributed by atoms with Gasteiger partial charge in [-0.05, 0) is 74.4 Å². The molecule has 0 saturated carbocycles. The van der Waals surface area contributed by atoms with Crippen molar-refractivity contribution in [1.82, 2.24) is 5.32 Å². The van der Waals surface area contributed by atoms with Crippen LogP contribution in [0.15, 0.2) is 18.2 Å². The fourth-order valence-corrected chi connectivity index (χ4v) is 3.52. The molecule has 1 fully saturated rings. The molecular formula is C18H27ClN2O2. The Kier molecular flexibility index (Phi) is 6.72. The number of anilines is 1. The molecule has 0 aliphatic carbocycles. The van der Waals surface area contributed by atoms with E-state index in [1.54, 1.807) is 0 Å². The maximum absolute atomic E-state index is 12.3. The van der Waals surface area contributed by atoms with Crippen molar-refractivity contribution >= 4 is 24.0 Å². The third-order valence-electron chi connectivity index (χ3n) is 4.89. The average molecular weight is 339 g/mol. The highest BCUT2D eigenvalue weighted by molar-refractivity contribution is 5.91. The Morgan fingerprint density at radius 3 is 2.96 bits per heavy atom. The van der Waals surface area contributed by atoms with Crippen molar-refractivity contribution < 1.29 is 9.53 Å². The van der Waals surface area contributed by atoms with Gasteiger partial charge in [0.05, 0.1) is 6.61 Å². The van der Waals surface area contributed by atoms with Crippen LogP contribution in [0.25, 0.3) is 0 Å². The standard InChI is InChI=1S/C18H26N2O2.ClH/c1-13(14-6-8-19-9-7-14)11-18(21)20-16-4-5-17-15(12-16)3-2-10-22-17;/h4-5,12-14,19H,2-3,6-11H2,1H3,(H,20,21);1H. The molecular weight excluding hydrogens is 312 g/mol. The lowest BCUT2D eigenvalue weighted by Crippen LogP contribution is -2.32. The number of nitrogens with one attached hydrogen (secondary N) is 2. The average Bonchev–Trinajstić information content (AvgIpc) is 2.55. The number of hydrogen-bond donors (Lipinski definition) is 2. The number of ether oxygens (including phenoxy) is 1. The van der Waals surface area contributed by atoms with Crippen LogP contribution in [0.2, 0.25) is 0 Å². The fraction of sp³-hybridized carbons (Fsp3) is 0.611. The first-order valence-electron chi connectivity index (χ1n) is 8.48. The summed E-state index contributed by atoms with van der Waals surface area (Å²) in [5.41, 5.74) is 2.10. The molecule has 0 bridgehead atoms. The molecule has 2 aliphatic rings. The van der Waals surface area contributed by atoms with E-state index in [1.165, 1.54) is 18.4 Å². The van der Waals surface area contributed by atoms with Crippen molar-refractivity contribution in [2.75, 3.05) is 25.0 Å². The second-order valence-electron chi connectivity index (χ2n) is 6.59. The van der Waals surface area contributed by atoms with Gasteiger partial charge >= 0.3 is 0 Å². The van der Waals surface area contributed by atoms with E-state index in [1.807, 2.05) is 12.1 Å². The van der Waals surface area contributed by atoms with E-state index in [-0.39, 0.29) is 18.3 Å². The van der Waals surface area contributed by atoms with Crippen LogP contribution >= 0.6 is 12.4 Å². The van der Waals surface area contributed by atoms with Crippen LogP contribution in [0.4, 0.5) is 5.69 Å². The van der Waals surface area contributed by atoms with E-state index in [0.717, 1.165) is 44.0 Å². The van der Waals surface area contributed by atoms with Gasteiger partial charge in [0.1, 0.15) is 5.75 Å². The van der Waals surface area contributed by atoms with Gasteiger partial charge in [0.25, 0.3) is 0 Å². The van der Waals surface area contributed by atoms with Crippen molar-refractivity contribution in [2.45, 2.75) is 39.0 Å². The minimum Gasteiger partial charge on any atom is -0.493 e. The highest BCUT2D eigenvalue weighted by Gasteiger charge is 2.22. The second kappa shape index (κ2) is 8.55. The van der Waals surface area contributed by atoms with Crippen LogP contribution in [0.3, 0.4) is 0 Å². The Morgan fingerprint density at radius 2 is 2.17 bits per heavy atom. The number of fused-ring (bicyclic) bond motifs is 1. The molecule has 0 spiro atoms. The maximum atomic E-state index is 12.3. The van der Waals surface area contributed by atoms with Crippen molar-refractivity contribution in [2.24, 2.45) is 11.8 Å². The molecule has 1 amide bonds. The van der Waals surface area contributed by atoms with Crippen molar-refractivity contribution in [1.29, 1.82) is 0 Å². The SMILES string of the molecule is CC(CC(=O)Nc1ccc2c(c1)CCCO2)C1CCNCC1.Cl. The normalized spacial score (nSPS) is 19.0. The lowest BCUT2D eigenvalue weighted by atomic mass is 9.84. The van der Waals surface area contributed by atoms with E-state index in [0.29, 0.717) is 18.3 Å². The molecule has 5 heteroatoms. The largest absolute Gasteiger partial charge is 0.493 e. The number of benzene rings is 1. The van der Waals surface area contributed by atoms with Gasteiger partial charge in [-0.3, -0.25) is 4.79 Å². The van der Waals surface area contributed by atoms with Crippen molar-refractivity contribution in [3.05, 3.63) is 23.8 Å². The lowest BCUT2D eigenvalue weighted by Gasteiger charge is -2.28. The molecule has 1 aromatic rings. The zero-order valence-corrected chi connectivity index (χ0v) is 14.6. The molecule has 1 saturated heterocycles. The van der Waals surface area contributed by atoms with Crippen LogP contribution in [-0.2, 0) is 11.2 Å². The first kappa shape index (κ1) is 18.1. The van der Waals surface area contributed by atoms with Crippen LogP contribution in [0, 0.1) is 11.8 Å². The Balaban J connectivity index is 0.00000192. The van der Waals surface area contributed by atoms with E-state index in [9.17, 15) is 4.79 Å². The molecule has 1 unspecified atom stereocenters. The number of aryl methyl sites for hydroxylation is 1. The highest BCUT2D eigenvalue weighted by atomic mass is 35.5. The summed E-state index contributed by atoms with van der Waals surface area (Å²) in [6.07, 6.45) is 5.06. The van der Waals surface area contributed by atoms with Gasteiger partial charge in [-0.2, -0.15) is 0 Å². The number of halogens is 1. The van der Waals surface area contributed by atoms with Gasteiger partial charge in [0, 0.05) is 12.1 Å². The molecule has 2 heterocycles. The number of amides is 1. The molecule has 1 aromatic carbocycles. The molecule has 2 aliphatic heterocycles. The summed E-state index contributed by atoms with van der Waals surface area (Å²) < 4.78 is 5.61. The third kappa shape index (κ3) is 4.85. The summed E-state index contributed by atoms with van der Waals surface area (Å²) in [7, 11) is 0.